The van der Waals surface area contributed by atoms with Crippen molar-refractivity contribution in [1.82, 2.24) is 0 Å². The van der Waals surface area contributed by atoms with E-state index >= 15 is 0 Å². The highest BCUT2D eigenvalue weighted by atomic mass is 16.5. The molecular weight excluding hydrogens is 252 g/mol. The van der Waals surface area contributed by atoms with Crippen molar-refractivity contribution in [2.75, 3.05) is 0 Å². The van der Waals surface area contributed by atoms with Gasteiger partial charge in [0.2, 0.25) is 0 Å². The van der Waals surface area contributed by atoms with Crippen LogP contribution in [0.3, 0.4) is 0 Å². The normalized spacial score (nSPS) is 16.8. The van der Waals surface area contributed by atoms with Gasteiger partial charge in [-0.1, -0.05) is 30.7 Å². The molecule has 20 heavy (non-hydrogen) atoms. The highest BCUT2D eigenvalue weighted by molar-refractivity contribution is 5.85. The van der Waals surface area contributed by atoms with E-state index in [4.69, 9.17) is 9.84 Å². The van der Waals surface area contributed by atoms with Gasteiger partial charge in [-0.05, 0) is 49.0 Å². The third-order valence-corrected chi connectivity index (χ3v) is 3.44. The number of hydrogen-bond acceptors (Lipinski definition) is 2. The van der Waals surface area contributed by atoms with Gasteiger partial charge in [0.25, 0.3) is 0 Å². The van der Waals surface area contributed by atoms with Crippen LogP contribution in [0.15, 0.2) is 36.6 Å². The summed E-state index contributed by atoms with van der Waals surface area (Å²) in [6, 6.07) is 7.67. The standard InChI is InChI=1S/C17H20O3/c18-17(19)11-10-14-6-8-15(9-7-14)12-13-20-16-4-2-1-3-5-16/h6-13,16H,1-5H2,(H,18,19). The minimum atomic E-state index is -0.935. The monoisotopic (exact) mass is 272 g/mol. The van der Waals surface area contributed by atoms with Gasteiger partial charge in [-0.3, -0.25) is 0 Å². The Morgan fingerprint density at radius 2 is 1.65 bits per heavy atom. The number of rotatable bonds is 5. The quantitative estimate of drug-likeness (QED) is 0.648. The minimum absolute atomic E-state index is 0.373. The summed E-state index contributed by atoms with van der Waals surface area (Å²) < 4.78 is 5.72. The average molecular weight is 272 g/mol. The lowest BCUT2D eigenvalue weighted by Gasteiger charge is -2.20. The second-order valence-electron chi connectivity index (χ2n) is 5.04. The Kier molecular flexibility index (Phi) is 5.42. The lowest BCUT2D eigenvalue weighted by molar-refractivity contribution is -0.131. The van der Waals surface area contributed by atoms with E-state index in [2.05, 4.69) is 0 Å². The van der Waals surface area contributed by atoms with E-state index in [0.717, 1.165) is 30.0 Å². The Hall–Kier alpha value is -2.03. The van der Waals surface area contributed by atoms with Crippen LogP contribution in [0.1, 0.15) is 43.2 Å². The van der Waals surface area contributed by atoms with Gasteiger partial charge in [0, 0.05) is 6.08 Å². The molecule has 0 aliphatic heterocycles. The number of ether oxygens (including phenoxy) is 1. The molecule has 1 aromatic carbocycles. The van der Waals surface area contributed by atoms with Gasteiger partial charge >= 0.3 is 5.97 Å². The molecule has 0 saturated heterocycles. The summed E-state index contributed by atoms with van der Waals surface area (Å²) in [6.45, 7) is 0. The Balaban J connectivity index is 1.84. The van der Waals surface area contributed by atoms with Crippen LogP contribution in [0.4, 0.5) is 0 Å². The minimum Gasteiger partial charge on any atom is -0.498 e. The number of carboxylic acid groups (broad SMARTS) is 1. The predicted molar refractivity (Wildman–Crippen MR) is 80.1 cm³/mol. The average Bonchev–Trinajstić information content (AvgIpc) is 2.47. The van der Waals surface area contributed by atoms with Crippen molar-refractivity contribution < 1.29 is 14.6 Å². The molecule has 1 aromatic rings. The molecule has 0 amide bonds. The molecule has 1 fully saturated rings. The lowest BCUT2D eigenvalue weighted by Crippen LogP contribution is -2.13. The second-order valence-corrected chi connectivity index (χ2v) is 5.04. The van der Waals surface area contributed by atoms with Crippen LogP contribution in [-0.4, -0.2) is 17.2 Å². The number of hydrogen-bond donors (Lipinski definition) is 1. The Morgan fingerprint density at radius 3 is 2.25 bits per heavy atom. The van der Waals surface area contributed by atoms with Crippen LogP contribution in [0.5, 0.6) is 0 Å². The molecule has 0 unspecified atom stereocenters. The van der Waals surface area contributed by atoms with Crippen LogP contribution < -0.4 is 0 Å². The second kappa shape index (κ2) is 7.53. The summed E-state index contributed by atoms with van der Waals surface area (Å²) in [5.74, 6) is -0.935. The molecule has 1 saturated carbocycles. The summed E-state index contributed by atoms with van der Waals surface area (Å²) in [5.41, 5.74) is 1.92. The van der Waals surface area contributed by atoms with E-state index in [1.807, 2.05) is 30.3 Å². The topological polar surface area (TPSA) is 46.5 Å². The first-order valence-corrected chi connectivity index (χ1v) is 7.07. The first-order valence-electron chi connectivity index (χ1n) is 7.07. The molecule has 0 spiro atoms. The predicted octanol–water partition coefficient (Wildman–Crippen LogP) is 4.10. The summed E-state index contributed by atoms with van der Waals surface area (Å²) in [7, 11) is 0. The molecule has 1 aliphatic carbocycles. The third kappa shape index (κ3) is 4.92. The van der Waals surface area contributed by atoms with Gasteiger partial charge in [0.05, 0.1) is 12.4 Å². The molecule has 0 bridgehead atoms. The van der Waals surface area contributed by atoms with E-state index in [1.54, 1.807) is 12.3 Å². The van der Waals surface area contributed by atoms with Gasteiger partial charge in [-0.25, -0.2) is 4.79 Å². The fourth-order valence-corrected chi connectivity index (χ4v) is 2.32. The zero-order valence-corrected chi connectivity index (χ0v) is 11.5. The highest BCUT2D eigenvalue weighted by Crippen LogP contribution is 2.20. The van der Waals surface area contributed by atoms with Crippen LogP contribution in [0.2, 0.25) is 0 Å². The number of carbonyl (C=O) groups is 1. The molecule has 2 rings (SSSR count). The van der Waals surface area contributed by atoms with Gasteiger partial charge in [0.1, 0.15) is 0 Å². The molecule has 0 atom stereocenters. The van der Waals surface area contributed by atoms with E-state index in [9.17, 15) is 4.79 Å². The molecule has 3 heteroatoms. The van der Waals surface area contributed by atoms with Crippen LogP contribution in [-0.2, 0) is 9.53 Å². The smallest absolute Gasteiger partial charge is 0.328 e. The summed E-state index contributed by atoms with van der Waals surface area (Å²) in [5, 5.41) is 8.55. The highest BCUT2D eigenvalue weighted by Gasteiger charge is 2.12. The Morgan fingerprint density at radius 1 is 1.05 bits per heavy atom. The van der Waals surface area contributed by atoms with Gasteiger partial charge in [-0.15, -0.1) is 0 Å². The van der Waals surface area contributed by atoms with Gasteiger partial charge in [-0.2, -0.15) is 0 Å². The maximum atomic E-state index is 10.4. The Labute approximate surface area is 119 Å². The zero-order valence-electron chi connectivity index (χ0n) is 11.5. The molecule has 3 nitrogen and oxygen atoms in total. The first-order chi connectivity index (χ1) is 9.74. The largest absolute Gasteiger partial charge is 0.498 e. The number of benzene rings is 1. The number of aliphatic carboxylic acids is 1. The maximum Gasteiger partial charge on any atom is 0.328 e. The zero-order chi connectivity index (χ0) is 14.2. The third-order valence-electron chi connectivity index (χ3n) is 3.44. The van der Waals surface area contributed by atoms with Crippen LogP contribution in [0, 0.1) is 0 Å². The van der Waals surface area contributed by atoms with E-state index < -0.39 is 5.97 Å². The number of carboxylic acids is 1. The molecular formula is C17H20O3. The van der Waals surface area contributed by atoms with Crippen LogP contribution in [0.25, 0.3) is 12.2 Å². The van der Waals surface area contributed by atoms with Crippen molar-refractivity contribution in [3.8, 4) is 0 Å². The molecule has 0 heterocycles. The molecule has 1 N–H and O–H groups in total. The molecule has 106 valence electrons. The fraction of sp³-hybridized carbons (Fsp3) is 0.353. The van der Waals surface area contributed by atoms with Crippen molar-refractivity contribution in [1.29, 1.82) is 0 Å². The summed E-state index contributed by atoms with van der Waals surface area (Å²) in [4.78, 5) is 10.4. The van der Waals surface area contributed by atoms with Crippen molar-refractivity contribution in [3.05, 3.63) is 47.7 Å². The molecule has 1 aliphatic rings. The van der Waals surface area contributed by atoms with Crippen molar-refractivity contribution in [2.45, 2.75) is 38.2 Å². The lowest BCUT2D eigenvalue weighted by atomic mass is 9.98. The SMILES string of the molecule is O=C(O)C=Cc1ccc(C=COC2CCCCC2)cc1. The molecule has 0 aromatic heterocycles. The fourth-order valence-electron chi connectivity index (χ4n) is 2.32. The summed E-state index contributed by atoms with van der Waals surface area (Å²) >= 11 is 0. The van der Waals surface area contributed by atoms with Gasteiger partial charge in [0.15, 0.2) is 0 Å². The van der Waals surface area contributed by atoms with Crippen molar-refractivity contribution in [3.63, 3.8) is 0 Å². The Bertz CT molecular complexity index is 479. The van der Waals surface area contributed by atoms with E-state index in [0.29, 0.717) is 6.10 Å². The first kappa shape index (κ1) is 14.4. The van der Waals surface area contributed by atoms with Crippen LogP contribution >= 0.6 is 0 Å². The van der Waals surface area contributed by atoms with E-state index in [-0.39, 0.29) is 0 Å². The van der Waals surface area contributed by atoms with Crippen molar-refractivity contribution in [2.24, 2.45) is 0 Å². The van der Waals surface area contributed by atoms with Crippen molar-refractivity contribution >= 4 is 18.1 Å². The molecule has 0 radical (unpaired) electrons. The van der Waals surface area contributed by atoms with Gasteiger partial charge < -0.3 is 9.84 Å². The maximum absolute atomic E-state index is 10.4. The summed E-state index contributed by atoms with van der Waals surface area (Å²) in [6.07, 6.45) is 13.0. The van der Waals surface area contributed by atoms with E-state index in [1.165, 1.54) is 19.3 Å².